The van der Waals surface area contributed by atoms with Crippen molar-refractivity contribution in [1.82, 2.24) is 5.32 Å². The van der Waals surface area contributed by atoms with Gasteiger partial charge < -0.3 is 5.32 Å². The molecule has 1 heterocycles. The molecule has 0 aromatic rings. The van der Waals surface area contributed by atoms with E-state index in [0.29, 0.717) is 0 Å². The van der Waals surface area contributed by atoms with E-state index < -0.39 is 0 Å². The minimum absolute atomic E-state index is 0.971. The number of rotatable bonds is 0. The summed E-state index contributed by atoms with van der Waals surface area (Å²) in [6, 6.07) is 0. The second-order valence-electron chi connectivity index (χ2n) is 2.28. The molecular formula is C7H11N. The molecule has 0 aliphatic carbocycles. The van der Waals surface area contributed by atoms with E-state index in [0.717, 1.165) is 19.5 Å². The van der Waals surface area contributed by atoms with Gasteiger partial charge in [-0.05, 0) is 6.42 Å². The fourth-order valence-electron chi connectivity index (χ4n) is 0.895. The molecule has 8 heavy (non-hydrogen) atoms. The number of nitrogens with one attached hydrogen (secondary N) is 1. The maximum absolute atomic E-state index is 3.84. The number of hydrogen-bond acceptors (Lipinski definition) is 1. The third kappa shape index (κ3) is 1.20. The highest BCUT2D eigenvalue weighted by Crippen LogP contribution is 2.09. The van der Waals surface area contributed by atoms with Crippen molar-refractivity contribution in [2.75, 3.05) is 13.1 Å². The zero-order valence-electron chi connectivity index (χ0n) is 5.04. The highest BCUT2D eigenvalue weighted by molar-refractivity contribution is 5.16. The van der Waals surface area contributed by atoms with E-state index in [1.807, 2.05) is 0 Å². The van der Waals surface area contributed by atoms with Crippen molar-refractivity contribution in [2.45, 2.75) is 6.42 Å². The molecule has 44 valence electrons. The molecule has 1 saturated heterocycles. The number of piperidine rings is 1. The molecular weight excluding hydrogens is 98.1 g/mol. The maximum atomic E-state index is 3.84. The zero-order chi connectivity index (χ0) is 5.98. The molecule has 1 rings (SSSR count). The lowest BCUT2D eigenvalue weighted by molar-refractivity contribution is 0.716. The van der Waals surface area contributed by atoms with E-state index in [1.54, 1.807) is 0 Å². The first-order valence-electron chi connectivity index (χ1n) is 2.83. The molecule has 0 radical (unpaired) electrons. The first-order chi connectivity index (χ1) is 3.79. The molecule has 0 aromatic heterocycles. The van der Waals surface area contributed by atoms with Crippen molar-refractivity contribution >= 4 is 0 Å². The summed E-state index contributed by atoms with van der Waals surface area (Å²) < 4.78 is 0. The van der Waals surface area contributed by atoms with E-state index in [-0.39, 0.29) is 0 Å². The average Bonchev–Trinajstić information content (AvgIpc) is 1.64. The first-order valence-corrected chi connectivity index (χ1v) is 2.83. The molecule has 0 aromatic carbocycles. The van der Waals surface area contributed by atoms with Crippen LogP contribution in [0.3, 0.4) is 0 Å². The molecule has 0 bridgehead atoms. The predicted octanol–water partition coefficient (Wildman–Crippen LogP) is 1.09. The van der Waals surface area contributed by atoms with Crippen molar-refractivity contribution in [1.29, 1.82) is 0 Å². The molecule has 1 aliphatic rings. The number of hydrogen-bond donors (Lipinski definition) is 1. The lowest BCUT2D eigenvalue weighted by atomic mass is 10.1. The van der Waals surface area contributed by atoms with Crippen LogP contribution in [0.15, 0.2) is 24.3 Å². The molecule has 1 aliphatic heterocycles. The molecule has 1 heteroatoms. The van der Waals surface area contributed by atoms with Gasteiger partial charge in [-0.25, -0.2) is 0 Å². The second kappa shape index (κ2) is 2.14. The second-order valence-corrected chi connectivity index (χ2v) is 2.28. The highest BCUT2D eigenvalue weighted by Gasteiger charge is 2.03. The van der Waals surface area contributed by atoms with Gasteiger partial charge in [-0.2, -0.15) is 0 Å². The van der Waals surface area contributed by atoms with Gasteiger partial charge >= 0.3 is 0 Å². The van der Waals surface area contributed by atoms with Gasteiger partial charge in [0.25, 0.3) is 0 Å². The van der Waals surface area contributed by atoms with Gasteiger partial charge in [0.2, 0.25) is 0 Å². The Morgan fingerprint density at radius 2 is 1.62 bits per heavy atom. The Kier molecular flexibility index (Phi) is 1.49. The smallest absolute Gasteiger partial charge is 0.0168 e. The minimum atomic E-state index is 0.971. The summed E-state index contributed by atoms with van der Waals surface area (Å²) in [5.41, 5.74) is 2.50. The molecule has 0 unspecified atom stereocenters. The SMILES string of the molecule is C=C1CNCC(=C)C1. The van der Waals surface area contributed by atoms with E-state index in [2.05, 4.69) is 18.5 Å². The molecule has 0 atom stereocenters. The Bertz CT molecular complexity index is 110. The van der Waals surface area contributed by atoms with Crippen molar-refractivity contribution in [3.63, 3.8) is 0 Å². The van der Waals surface area contributed by atoms with E-state index in [1.165, 1.54) is 11.1 Å². The van der Waals surface area contributed by atoms with Gasteiger partial charge in [-0.15, -0.1) is 0 Å². The summed E-state index contributed by atoms with van der Waals surface area (Å²) in [6.45, 7) is 9.62. The summed E-state index contributed by atoms with van der Waals surface area (Å²) in [5.74, 6) is 0. The van der Waals surface area contributed by atoms with Crippen LogP contribution in [0.5, 0.6) is 0 Å². The fraction of sp³-hybridized carbons (Fsp3) is 0.429. The van der Waals surface area contributed by atoms with Crippen LogP contribution in [-0.2, 0) is 0 Å². The minimum Gasteiger partial charge on any atom is -0.309 e. The van der Waals surface area contributed by atoms with Gasteiger partial charge in [0.15, 0.2) is 0 Å². The zero-order valence-corrected chi connectivity index (χ0v) is 5.04. The van der Waals surface area contributed by atoms with Crippen LogP contribution in [-0.4, -0.2) is 13.1 Å². The van der Waals surface area contributed by atoms with Gasteiger partial charge in [-0.1, -0.05) is 24.3 Å². The van der Waals surface area contributed by atoms with E-state index in [4.69, 9.17) is 0 Å². The van der Waals surface area contributed by atoms with Crippen molar-refractivity contribution in [2.24, 2.45) is 0 Å². The Hall–Kier alpha value is -0.560. The van der Waals surface area contributed by atoms with Gasteiger partial charge in [0.05, 0.1) is 0 Å². The predicted molar refractivity (Wildman–Crippen MR) is 35.8 cm³/mol. The van der Waals surface area contributed by atoms with Crippen molar-refractivity contribution < 1.29 is 0 Å². The van der Waals surface area contributed by atoms with Crippen molar-refractivity contribution in [3.05, 3.63) is 24.3 Å². The maximum Gasteiger partial charge on any atom is 0.0168 e. The van der Waals surface area contributed by atoms with Crippen LogP contribution in [0.25, 0.3) is 0 Å². The van der Waals surface area contributed by atoms with Gasteiger partial charge in [0, 0.05) is 13.1 Å². The van der Waals surface area contributed by atoms with Crippen LogP contribution < -0.4 is 5.32 Å². The normalized spacial score (nSPS) is 21.5. The van der Waals surface area contributed by atoms with Crippen LogP contribution in [0, 0.1) is 0 Å². The summed E-state index contributed by atoms with van der Waals surface area (Å²) in [4.78, 5) is 0. The monoisotopic (exact) mass is 109 g/mol. The van der Waals surface area contributed by atoms with Gasteiger partial charge in [-0.3, -0.25) is 0 Å². The Morgan fingerprint density at radius 3 is 1.88 bits per heavy atom. The standard InChI is InChI=1S/C7H11N/c1-6-3-7(2)5-8-4-6/h8H,1-5H2. The molecule has 1 N–H and O–H groups in total. The summed E-state index contributed by atoms with van der Waals surface area (Å²) in [7, 11) is 0. The molecule has 0 saturated carbocycles. The van der Waals surface area contributed by atoms with Crippen LogP contribution in [0.2, 0.25) is 0 Å². The summed E-state index contributed by atoms with van der Waals surface area (Å²) in [6.07, 6.45) is 1.02. The third-order valence-electron chi connectivity index (χ3n) is 1.25. The fourth-order valence-corrected chi connectivity index (χ4v) is 0.895. The van der Waals surface area contributed by atoms with Crippen molar-refractivity contribution in [3.8, 4) is 0 Å². The van der Waals surface area contributed by atoms with E-state index >= 15 is 0 Å². The Labute approximate surface area is 50.1 Å². The lowest BCUT2D eigenvalue weighted by Gasteiger charge is -2.15. The van der Waals surface area contributed by atoms with Crippen LogP contribution >= 0.6 is 0 Å². The van der Waals surface area contributed by atoms with E-state index in [9.17, 15) is 0 Å². The molecule has 0 spiro atoms. The topological polar surface area (TPSA) is 12.0 Å². The first kappa shape index (κ1) is 5.57. The van der Waals surface area contributed by atoms with Crippen LogP contribution in [0.4, 0.5) is 0 Å². The molecule has 0 amide bonds. The quantitative estimate of drug-likeness (QED) is 0.459. The average molecular weight is 109 g/mol. The van der Waals surface area contributed by atoms with Crippen LogP contribution in [0.1, 0.15) is 6.42 Å². The summed E-state index contributed by atoms with van der Waals surface area (Å²) in [5, 5.41) is 3.19. The Morgan fingerprint density at radius 1 is 1.12 bits per heavy atom. The van der Waals surface area contributed by atoms with Gasteiger partial charge in [0.1, 0.15) is 0 Å². The highest BCUT2D eigenvalue weighted by atomic mass is 14.9. The molecule has 1 nitrogen and oxygen atoms in total. The lowest BCUT2D eigenvalue weighted by Crippen LogP contribution is -2.24. The largest absolute Gasteiger partial charge is 0.309 e. The molecule has 1 fully saturated rings. The Balaban J connectivity index is 2.45. The third-order valence-corrected chi connectivity index (χ3v) is 1.25. The summed E-state index contributed by atoms with van der Waals surface area (Å²) >= 11 is 0.